The highest BCUT2D eigenvalue weighted by molar-refractivity contribution is 5.44. The quantitative estimate of drug-likeness (QED) is 0.616. The largest absolute Gasteiger partial charge is 0.0839 e. The molecule has 0 unspecified atom stereocenters. The van der Waals surface area contributed by atoms with Crippen molar-refractivity contribution in [2.24, 2.45) is 0 Å². The van der Waals surface area contributed by atoms with Crippen LogP contribution in [0, 0.1) is 18.8 Å². The van der Waals surface area contributed by atoms with Crippen molar-refractivity contribution >= 4 is 0 Å². The van der Waals surface area contributed by atoms with Crippen molar-refractivity contribution in [2.75, 3.05) is 0 Å². The molecule has 0 aromatic heterocycles. The lowest BCUT2D eigenvalue weighted by atomic mass is 9.93. The fraction of sp³-hybridized carbons (Fsp3) is 0.263. The third-order valence-corrected chi connectivity index (χ3v) is 3.35. The van der Waals surface area contributed by atoms with Crippen LogP contribution in [0.4, 0.5) is 0 Å². The molecule has 0 saturated carbocycles. The molecule has 19 heavy (non-hydrogen) atoms. The maximum absolute atomic E-state index is 3.16. The maximum atomic E-state index is 3.16. The first-order valence-electron chi connectivity index (χ1n) is 6.90. The number of rotatable bonds is 1. The van der Waals surface area contributed by atoms with Crippen LogP contribution in [0.2, 0.25) is 0 Å². The molecule has 1 aliphatic rings. The molecule has 0 heteroatoms. The topological polar surface area (TPSA) is 0 Å². The smallest absolute Gasteiger partial charge is 0.0249 e. The van der Waals surface area contributed by atoms with Crippen LogP contribution in [-0.2, 0) is 0 Å². The van der Waals surface area contributed by atoms with Gasteiger partial charge in [0.15, 0.2) is 0 Å². The summed E-state index contributed by atoms with van der Waals surface area (Å²) < 4.78 is 0. The van der Waals surface area contributed by atoms with Gasteiger partial charge in [0.2, 0.25) is 0 Å². The van der Waals surface area contributed by atoms with Crippen LogP contribution in [0.25, 0.3) is 0 Å². The Morgan fingerprint density at radius 2 is 1.95 bits per heavy atom. The third-order valence-electron chi connectivity index (χ3n) is 3.35. The van der Waals surface area contributed by atoms with E-state index in [0.29, 0.717) is 0 Å². The molecule has 0 bridgehead atoms. The predicted octanol–water partition coefficient (Wildman–Crippen LogP) is 4.96. The van der Waals surface area contributed by atoms with Gasteiger partial charge in [-0.05, 0) is 68.5 Å². The van der Waals surface area contributed by atoms with Gasteiger partial charge in [0, 0.05) is 5.56 Å². The van der Waals surface area contributed by atoms with Gasteiger partial charge in [-0.3, -0.25) is 0 Å². The zero-order chi connectivity index (χ0) is 13.5. The molecule has 0 N–H and O–H groups in total. The fourth-order valence-corrected chi connectivity index (χ4v) is 2.20. The molecule has 0 saturated heterocycles. The van der Waals surface area contributed by atoms with Gasteiger partial charge in [-0.1, -0.05) is 41.7 Å². The average Bonchev–Trinajstić information content (AvgIpc) is 2.46. The molecule has 0 amide bonds. The first-order chi connectivity index (χ1) is 9.29. The summed E-state index contributed by atoms with van der Waals surface area (Å²) in [5.74, 6) is 6.28. The second-order valence-electron chi connectivity index (χ2n) is 4.83. The van der Waals surface area contributed by atoms with Crippen molar-refractivity contribution in [1.82, 2.24) is 0 Å². The predicted molar refractivity (Wildman–Crippen MR) is 82.9 cm³/mol. The van der Waals surface area contributed by atoms with Crippen LogP contribution in [0.3, 0.4) is 0 Å². The second kappa shape index (κ2) is 6.81. The summed E-state index contributed by atoms with van der Waals surface area (Å²) >= 11 is 0. The summed E-state index contributed by atoms with van der Waals surface area (Å²) in [7, 11) is 0. The highest BCUT2D eigenvalue weighted by Gasteiger charge is 2.05. The van der Waals surface area contributed by atoms with Gasteiger partial charge in [0.1, 0.15) is 0 Å². The Balaban J connectivity index is 2.04. The average molecular weight is 248 g/mol. The normalized spacial score (nSPS) is 17.2. The van der Waals surface area contributed by atoms with E-state index in [-0.39, 0.29) is 0 Å². The van der Waals surface area contributed by atoms with Crippen molar-refractivity contribution in [3.05, 3.63) is 70.8 Å². The highest BCUT2D eigenvalue weighted by Crippen LogP contribution is 2.24. The second-order valence-corrected chi connectivity index (χ2v) is 4.83. The Bertz CT molecular complexity index is 569. The van der Waals surface area contributed by atoms with E-state index in [2.05, 4.69) is 68.2 Å². The molecule has 0 radical (unpaired) electrons. The van der Waals surface area contributed by atoms with Crippen molar-refractivity contribution in [3.8, 4) is 11.8 Å². The lowest BCUT2D eigenvalue weighted by molar-refractivity contribution is 0.807. The van der Waals surface area contributed by atoms with Gasteiger partial charge in [-0.25, -0.2) is 0 Å². The van der Waals surface area contributed by atoms with Gasteiger partial charge in [-0.2, -0.15) is 0 Å². The SMILES string of the molecule is CC=C1CCCC=C1/C=C/C#Cc1ccc(C)cc1. The monoisotopic (exact) mass is 248 g/mol. The first kappa shape index (κ1) is 13.4. The van der Waals surface area contributed by atoms with Crippen LogP contribution in [0.15, 0.2) is 59.7 Å². The van der Waals surface area contributed by atoms with Crippen molar-refractivity contribution < 1.29 is 0 Å². The van der Waals surface area contributed by atoms with Crippen molar-refractivity contribution in [3.63, 3.8) is 0 Å². The van der Waals surface area contributed by atoms with Gasteiger partial charge in [-0.15, -0.1) is 0 Å². The van der Waals surface area contributed by atoms with Crippen LogP contribution >= 0.6 is 0 Å². The van der Waals surface area contributed by atoms with Gasteiger partial charge in [0.05, 0.1) is 0 Å². The molecule has 0 fully saturated rings. The fourth-order valence-electron chi connectivity index (χ4n) is 2.20. The summed E-state index contributed by atoms with van der Waals surface area (Å²) in [6, 6.07) is 8.31. The molecule has 2 rings (SSSR count). The molecule has 0 aliphatic heterocycles. The molecular formula is C19H20. The zero-order valence-electron chi connectivity index (χ0n) is 11.7. The molecule has 0 spiro atoms. The summed E-state index contributed by atoms with van der Waals surface area (Å²) in [6.07, 6.45) is 12.3. The van der Waals surface area contributed by atoms with Crippen LogP contribution in [-0.4, -0.2) is 0 Å². The number of hydrogen-bond donors (Lipinski definition) is 0. The van der Waals surface area contributed by atoms with Gasteiger partial charge < -0.3 is 0 Å². The van der Waals surface area contributed by atoms with Gasteiger partial charge in [0.25, 0.3) is 0 Å². The number of benzene rings is 1. The third kappa shape index (κ3) is 4.00. The summed E-state index contributed by atoms with van der Waals surface area (Å²) in [5.41, 5.74) is 5.12. The van der Waals surface area contributed by atoms with Crippen LogP contribution in [0.1, 0.15) is 37.3 Å². The lowest BCUT2D eigenvalue weighted by Gasteiger charge is -2.12. The van der Waals surface area contributed by atoms with E-state index in [1.807, 2.05) is 6.08 Å². The molecule has 96 valence electrons. The summed E-state index contributed by atoms with van der Waals surface area (Å²) in [5, 5.41) is 0. The van der Waals surface area contributed by atoms with E-state index in [1.54, 1.807) is 0 Å². The Morgan fingerprint density at radius 1 is 1.16 bits per heavy atom. The van der Waals surface area contributed by atoms with Crippen molar-refractivity contribution in [1.29, 1.82) is 0 Å². The summed E-state index contributed by atoms with van der Waals surface area (Å²) in [4.78, 5) is 0. The van der Waals surface area contributed by atoms with E-state index in [0.717, 1.165) is 5.56 Å². The van der Waals surface area contributed by atoms with E-state index in [9.17, 15) is 0 Å². The lowest BCUT2D eigenvalue weighted by Crippen LogP contribution is -1.93. The first-order valence-corrected chi connectivity index (χ1v) is 6.90. The Hall–Kier alpha value is -2.00. The molecule has 0 atom stereocenters. The van der Waals surface area contributed by atoms with E-state index in [4.69, 9.17) is 0 Å². The van der Waals surface area contributed by atoms with E-state index < -0.39 is 0 Å². The molecule has 1 aromatic carbocycles. The maximum Gasteiger partial charge on any atom is 0.0249 e. The molecular weight excluding hydrogens is 228 g/mol. The molecule has 0 heterocycles. The number of allylic oxidation sites excluding steroid dienone is 6. The Labute approximate surface area is 116 Å². The molecule has 0 nitrogen and oxygen atoms in total. The van der Waals surface area contributed by atoms with E-state index in [1.165, 1.54) is 36.0 Å². The Kier molecular flexibility index (Phi) is 4.81. The molecule has 1 aromatic rings. The minimum atomic E-state index is 1.07. The summed E-state index contributed by atoms with van der Waals surface area (Å²) in [6.45, 7) is 4.20. The van der Waals surface area contributed by atoms with Crippen LogP contribution < -0.4 is 0 Å². The molecule has 1 aliphatic carbocycles. The number of hydrogen-bond acceptors (Lipinski definition) is 0. The number of aryl methyl sites for hydroxylation is 1. The standard InChI is InChI=1S/C19H20/c1-3-18-9-6-7-11-19(18)10-5-4-8-17-14-12-16(2)13-15-17/h3,5,10-15H,6-7,9H2,1-2H3/b10-5+,18-3?. The van der Waals surface area contributed by atoms with E-state index >= 15 is 0 Å². The highest BCUT2D eigenvalue weighted by atomic mass is 14.1. The van der Waals surface area contributed by atoms with Crippen molar-refractivity contribution in [2.45, 2.75) is 33.1 Å². The van der Waals surface area contributed by atoms with Gasteiger partial charge >= 0.3 is 0 Å². The Morgan fingerprint density at radius 3 is 2.68 bits per heavy atom. The minimum Gasteiger partial charge on any atom is -0.0839 e. The zero-order valence-corrected chi connectivity index (χ0v) is 11.7. The minimum absolute atomic E-state index is 1.07. The van der Waals surface area contributed by atoms with Crippen LogP contribution in [0.5, 0.6) is 0 Å².